The molecule has 12 nitrogen and oxygen atoms in total. The zero-order chi connectivity index (χ0) is 25.0. The first kappa shape index (κ1) is 22.3. The number of nitrogens with two attached hydrogens (primary N) is 1. The number of nitrogens with zero attached hydrogens (tertiary/aromatic N) is 6. The highest BCUT2D eigenvalue weighted by Crippen LogP contribution is 2.31. The van der Waals surface area contributed by atoms with Gasteiger partial charge in [-0.2, -0.15) is 9.36 Å². The van der Waals surface area contributed by atoms with Gasteiger partial charge in [0.2, 0.25) is 0 Å². The third-order valence-electron chi connectivity index (χ3n) is 6.11. The van der Waals surface area contributed by atoms with Crippen LogP contribution in [0.3, 0.4) is 0 Å². The van der Waals surface area contributed by atoms with E-state index < -0.39 is 23.7 Å². The molecule has 1 aliphatic rings. The number of carbonyl (C=O) groups excluding carboxylic acids is 1. The molecule has 0 radical (unpaired) electrons. The second kappa shape index (κ2) is 8.48. The van der Waals surface area contributed by atoms with Crippen LogP contribution >= 0.6 is 11.5 Å². The standard InChI is InChI=1S/C23H20N8O4S/c1-11-10-15(28-31(11)12-4-6-25-7-5-12)30-8-9-35-18(23(30)34)17(32)21-26-14-3-2-13-19(36-29-20(13)24)16(14)22(33)27-21/h2-7,10,17-18,32H,8-9H2,1H3,(H2,24,29)(H,26,27,33)/t17?,18-/m1/s1. The number of nitrogen functional groups attached to an aromatic ring is 1. The Morgan fingerprint density at radius 1 is 1.25 bits per heavy atom. The Bertz CT molecular complexity index is 1680. The number of morpholine rings is 1. The number of aliphatic hydroxyl groups excluding tert-OH is 1. The number of pyridine rings is 1. The van der Waals surface area contributed by atoms with Crippen molar-refractivity contribution in [3.63, 3.8) is 0 Å². The van der Waals surface area contributed by atoms with E-state index >= 15 is 0 Å². The van der Waals surface area contributed by atoms with Crippen LogP contribution in [0.25, 0.3) is 26.7 Å². The first-order chi connectivity index (χ1) is 17.4. The first-order valence-electron chi connectivity index (χ1n) is 11.1. The lowest BCUT2D eigenvalue weighted by Gasteiger charge is -2.32. The average molecular weight is 505 g/mol. The molecule has 13 heteroatoms. The SMILES string of the molecule is Cc1cc(N2CCO[C@H](C(O)c3nc(=O)c4c(ccc5c(N)nsc54)[nH]3)C2=O)nn1-c1ccncc1. The maximum absolute atomic E-state index is 13.4. The molecule has 1 saturated heterocycles. The van der Waals surface area contributed by atoms with Crippen molar-refractivity contribution >= 4 is 50.1 Å². The van der Waals surface area contributed by atoms with Crippen molar-refractivity contribution in [2.75, 3.05) is 23.8 Å². The lowest BCUT2D eigenvalue weighted by atomic mass is 10.1. The molecular weight excluding hydrogens is 484 g/mol. The zero-order valence-corrected chi connectivity index (χ0v) is 19.8. The number of anilines is 2. The number of nitrogens with one attached hydrogen (secondary N) is 1. The van der Waals surface area contributed by atoms with Crippen molar-refractivity contribution in [3.05, 3.63) is 64.6 Å². The van der Waals surface area contributed by atoms with E-state index in [4.69, 9.17) is 10.5 Å². The Labute approximate surface area is 207 Å². The molecule has 5 aromatic rings. The number of fused-ring (bicyclic) bond motifs is 3. The van der Waals surface area contributed by atoms with E-state index in [1.807, 2.05) is 19.1 Å². The summed E-state index contributed by atoms with van der Waals surface area (Å²) in [6.45, 7) is 2.32. The van der Waals surface area contributed by atoms with Crippen LogP contribution in [0.1, 0.15) is 17.6 Å². The summed E-state index contributed by atoms with van der Waals surface area (Å²) >= 11 is 1.10. The van der Waals surface area contributed by atoms with Crippen molar-refractivity contribution in [2.24, 2.45) is 0 Å². The Balaban J connectivity index is 1.32. The van der Waals surface area contributed by atoms with Crippen LogP contribution in [-0.2, 0) is 9.53 Å². The average Bonchev–Trinajstić information content (AvgIpc) is 3.46. The van der Waals surface area contributed by atoms with E-state index in [2.05, 4.69) is 24.4 Å². The highest BCUT2D eigenvalue weighted by molar-refractivity contribution is 7.14. The number of aromatic amines is 1. The molecule has 182 valence electrons. The summed E-state index contributed by atoms with van der Waals surface area (Å²) in [5.74, 6) is 0.216. The van der Waals surface area contributed by atoms with Crippen molar-refractivity contribution in [1.82, 2.24) is 29.1 Å². The van der Waals surface area contributed by atoms with Crippen molar-refractivity contribution in [3.8, 4) is 5.69 Å². The number of aryl methyl sites for hydroxylation is 1. The lowest BCUT2D eigenvalue weighted by Crippen LogP contribution is -2.50. The van der Waals surface area contributed by atoms with Crippen LogP contribution in [-0.4, -0.2) is 59.4 Å². The summed E-state index contributed by atoms with van der Waals surface area (Å²) < 4.78 is 12.1. The number of carbonyl (C=O) groups is 1. The molecule has 0 bridgehead atoms. The van der Waals surface area contributed by atoms with Gasteiger partial charge < -0.3 is 20.6 Å². The predicted octanol–water partition coefficient (Wildman–Crippen LogP) is 1.47. The summed E-state index contributed by atoms with van der Waals surface area (Å²) in [6, 6.07) is 8.83. The van der Waals surface area contributed by atoms with Gasteiger partial charge in [0.15, 0.2) is 11.9 Å². The number of amides is 1. The minimum atomic E-state index is -1.50. The molecule has 36 heavy (non-hydrogen) atoms. The fourth-order valence-electron chi connectivity index (χ4n) is 4.35. The van der Waals surface area contributed by atoms with Gasteiger partial charge in [-0.15, -0.1) is 5.10 Å². The Hall–Kier alpha value is -4.20. The number of rotatable bonds is 4. The topological polar surface area (TPSA) is 165 Å². The van der Waals surface area contributed by atoms with Gasteiger partial charge in [0.25, 0.3) is 11.5 Å². The van der Waals surface area contributed by atoms with Crippen LogP contribution in [0, 0.1) is 6.92 Å². The van der Waals surface area contributed by atoms with Gasteiger partial charge >= 0.3 is 0 Å². The van der Waals surface area contributed by atoms with Crippen LogP contribution in [0.15, 0.2) is 47.5 Å². The van der Waals surface area contributed by atoms with Gasteiger partial charge in [0, 0.05) is 29.5 Å². The second-order valence-corrected chi connectivity index (χ2v) is 9.12. The molecule has 0 aliphatic carbocycles. The maximum Gasteiger partial charge on any atom is 0.282 e. The van der Waals surface area contributed by atoms with E-state index in [0.29, 0.717) is 32.6 Å². The molecule has 1 fully saturated rings. The molecule has 2 atom stereocenters. The van der Waals surface area contributed by atoms with E-state index in [9.17, 15) is 14.7 Å². The molecule has 5 heterocycles. The summed E-state index contributed by atoms with van der Waals surface area (Å²) in [7, 11) is 0. The predicted molar refractivity (Wildman–Crippen MR) is 133 cm³/mol. The molecule has 6 rings (SSSR count). The molecule has 0 saturated carbocycles. The van der Waals surface area contributed by atoms with Gasteiger partial charge in [-0.25, -0.2) is 4.68 Å². The van der Waals surface area contributed by atoms with Crippen LogP contribution in [0.4, 0.5) is 11.6 Å². The van der Waals surface area contributed by atoms with Crippen molar-refractivity contribution in [1.29, 1.82) is 0 Å². The van der Waals surface area contributed by atoms with Crippen LogP contribution < -0.4 is 16.2 Å². The Morgan fingerprint density at radius 2 is 2.06 bits per heavy atom. The normalized spacial score (nSPS) is 17.2. The highest BCUT2D eigenvalue weighted by atomic mass is 32.1. The largest absolute Gasteiger partial charge is 0.382 e. The molecular formula is C23H20N8O4S. The van der Waals surface area contributed by atoms with Gasteiger partial charge in [0.05, 0.1) is 34.4 Å². The van der Waals surface area contributed by atoms with E-state index in [0.717, 1.165) is 22.9 Å². The molecule has 4 aromatic heterocycles. The van der Waals surface area contributed by atoms with Gasteiger partial charge in [0.1, 0.15) is 17.7 Å². The van der Waals surface area contributed by atoms with Crippen molar-refractivity contribution < 1.29 is 14.6 Å². The fourth-order valence-corrected chi connectivity index (χ4v) is 5.20. The number of H-pyrrole nitrogens is 1. The number of benzene rings is 1. The van der Waals surface area contributed by atoms with Crippen molar-refractivity contribution in [2.45, 2.75) is 19.1 Å². The third-order valence-corrected chi connectivity index (χ3v) is 7.01. The second-order valence-electron chi connectivity index (χ2n) is 8.35. The first-order valence-corrected chi connectivity index (χ1v) is 11.9. The number of aliphatic hydroxyl groups is 1. The number of ether oxygens (including phenoxy) is 1. The molecule has 1 aromatic carbocycles. The lowest BCUT2D eigenvalue weighted by molar-refractivity contribution is -0.143. The quantitative estimate of drug-likeness (QED) is 0.328. The number of hydrogen-bond acceptors (Lipinski definition) is 10. The Morgan fingerprint density at radius 3 is 2.86 bits per heavy atom. The molecule has 4 N–H and O–H groups in total. The van der Waals surface area contributed by atoms with Gasteiger partial charge in [-0.3, -0.25) is 19.5 Å². The van der Waals surface area contributed by atoms with Gasteiger partial charge in [-0.1, -0.05) is 0 Å². The summed E-state index contributed by atoms with van der Waals surface area (Å²) in [5.41, 5.74) is 7.39. The summed E-state index contributed by atoms with van der Waals surface area (Å²) in [5, 5.41) is 16.6. The Kier molecular flexibility index (Phi) is 5.25. The van der Waals surface area contributed by atoms with Crippen LogP contribution in [0.2, 0.25) is 0 Å². The monoisotopic (exact) mass is 504 g/mol. The maximum atomic E-state index is 13.4. The smallest absolute Gasteiger partial charge is 0.282 e. The summed E-state index contributed by atoms with van der Waals surface area (Å²) in [4.78, 5) is 38.7. The van der Waals surface area contributed by atoms with Gasteiger partial charge in [-0.05, 0) is 42.7 Å². The minimum Gasteiger partial charge on any atom is -0.382 e. The molecule has 0 spiro atoms. The molecule has 1 aliphatic heterocycles. The number of aromatic nitrogens is 6. The number of hydrogen-bond donors (Lipinski definition) is 3. The minimum absolute atomic E-state index is 0.0666. The highest BCUT2D eigenvalue weighted by Gasteiger charge is 2.39. The zero-order valence-electron chi connectivity index (χ0n) is 19.0. The molecule has 1 unspecified atom stereocenters. The fraction of sp³-hybridized carbons (Fsp3) is 0.217. The van der Waals surface area contributed by atoms with E-state index in [1.54, 1.807) is 35.3 Å². The molecule has 1 amide bonds. The van der Waals surface area contributed by atoms with Crippen LogP contribution in [0.5, 0.6) is 0 Å². The van der Waals surface area contributed by atoms with E-state index in [1.165, 1.54) is 4.90 Å². The van der Waals surface area contributed by atoms with E-state index in [-0.39, 0.29) is 19.0 Å². The summed E-state index contributed by atoms with van der Waals surface area (Å²) in [6.07, 6.45) is 0.556. The third kappa shape index (κ3) is 3.52.